The molecule has 2 heterocycles. The van der Waals surface area contributed by atoms with E-state index in [0.717, 1.165) is 19.2 Å². The number of carbonyl (C=O) groups excluding carboxylic acids is 4. The molecular formula is C35H18BrCl2F11N2O6. The van der Waals surface area contributed by atoms with Gasteiger partial charge in [-0.25, -0.2) is 31.8 Å². The molecule has 7 rings (SSSR count). The van der Waals surface area contributed by atoms with Crippen LogP contribution in [0.5, 0.6) is 11.5 Å². The van der Waals surface area contributed by atoms with Gasteiger partial charge in [-0.15, -0.1) is 23.2 Å². The summed E-state index contributed by atoms with van der Waals surface area (Å²) in [7, 11) is 1.09. The number of alkyl halides is 8. The lowest BCUT2D eigenvalue weighted by Crippen LogP contribution is -2.60. The SMILES string of the molecule is COc1cc([C@H]2C3=CC[C@@H]4C(=O)N(c5cc(C(F)(F)F)cc(C(F)(F)F)c5)C(=O)[C@@H]4[C@@H]3C[C@@]3(Cl)C(=O)N(c4c(F)c(F)c(F)c(F)c4F)C(=O)[C@@]23Cl)cc(Br)c1O. The highest BCUT2D eigenvalue weighted by Crippen LogP contribution is 2.66. The number of fused-ring (bicyclic) bond motifs is 4. The van der Waals surface area contributed by atoms with Gasteiger partial charge in [0.15, 0.2) is 44.5 Å². The summed E-state index contributed by atoms with van der Waals surface area (Å²) in [5, 5.41) is 10.6. The predicted molar refractivity (Wildman–Crippen MR) is 178 cm³/mol. The highest BCUT2D eigenvalue weighted by Gasteiger charge is 2.77. The van der Waals surface area contributed by atoms with Crippen molar-refractivity contribution >= 4 is 74.1 Å². The second kappa shape index (κ2) is 13.0. The number of hydrogen-bond acceptors (Lipinski definition) is 6. The average Bonchev–Trinajstić information content (AvgIpc) is 3.48. The van der Waals surface area contributed by atoms with Gasteiger partial charge in [0, 0.05) is 5.92 Å². The minimum atomic E-state index is -5.38. The number of carbonyl (C=O) groups is 4. The molecule has 3 aromatic carbocycles. The van der Waals surface area contributed by atoms with Gasteiger partial charge < -0.3 is 9.84 Å². The molecule has 2 aliphatic heterocycles. The Bertz CT molecular complexity index is 2330. The molecule has 2 saturated heterocycles. The Kier molecular flexibility index (Phi) is 9.32. The Morgan fingerprint density at radius 3 is 1.84 bits per heavy atom. The molecule has 302 valence electrons. The van der Waals surface area contributed by atoms with Crippen molar-refractivity contribution in [2.24, 2.45) is 17.8 Å². The standard InChI is InChI=1S/C35H18BrCl2F11N2O6/c1-57-18-5-10(4-17(36)27(18)52)20-14-2-3-15-19(29(54)50(28(15)53)13-7-11(34(44,45)46)6-12(8-13)35(47,48)49)16(14)9-32(37)30(55)51(31(56)33(20,32)38)26-24(42)22(40)21(39)23(41)25(26)43/h2,4-8,15-16,19-20,52H,3,9H2,1H3/t15-,16+,19-,20-,32+,33-/m0/s1. The van der Waals surface area contributed by atoms with E-state index in [-0.39, 0.29) is 44.5 Å². The summed E-state index contributed by atoms with van der Waals surface area (Å²) in [4.78, 5) is 50.6. The third-order valence-electron chi connectivity index (χ3n) is 10.7. The van der Waals surface area contributed by atoms with Gasteiger partial charge in [0.05, 0.1) is 40.2 Å². The molecule has 3 aromatic rings. The molecule has 0 spiro atoms. The maximum atomic E-state index is 15.3. The Morgan fingerprint density at radius 1 is 0.772 bits per heavy atom. The lowest BCUT2D eigenvalue weighted by atomic mass is 9.56. The van der Waals surface area contributed by atoms with Crippen LogP contribution in [0.1, 0.15) is 35.4 Å². The van der Waals surface area contributed by atoms with Crippen LogP contribution in [0.2, 0.25) is 0 Å². The number of allylic oxidation sites excluding steroid dienone is 2. The second-order valence-corrected chi connectivity index (χ2v) is 15.6. The van der Waals surface area contributed by atoms with E-state index in [2.05, 4.69) is 15.9 Å². The van der Waals surface area contributed by atoms with Crippen LogP contribution >= 0.6 is 39.1 Å². The van der Waals surface area contributed by atoms with Gasteiger partial charge in [0.2, 0.25) is 17.6 Å². The number of hydrogen-bond donors (Lipinski definition) is 1. The molecule has 2 aliphatic carbocycles. The highest BCUT2D eigenvalue weighted by molar-refractivity contribution is 9.10. The number of amides is 4. The molecule has 1 N–H and O–H groups in total. The molecule has 0 unspecified atom stereocenters. The number of aromatic hydroxyl groups is 1. The number of halogens is 14. The van der Waals surface area contributed by atoms with E-state index in [4.69, 9.17) is 27.9 Å². The van der Waals surface area contributed by atoms with Crippen LogP contribution in [0.4, 0.5) is 59.7 Å². The number of phenols is 1. The molecule has 8 nitrogen and oxygen atoms in total. The molecule has 1 saturated carbocycles. The maximum absolute atomic E-state index is 15.3. The van der Waals surface area contributed by atoms with E-state index in [1.54, 1.807) is 0 Å². The van der Waals surface area contributed by atoms with Crippen LogP contribution in [-0.2, 0) is 31.5 Å². The molecule has 57 heavy (non-hydrogen) atoms. The van der Waals surface area contributed by atoms with Crippen molar-refractivity contribution in [1.82, 2.24) is 0 Å². The van der Waals surface area contributed by atoms with E-state index in [9.17, 15) is 63.8 Å². The molecule has 4 amide bonds. The highest BCUT2D eigenvalue weighted by atomic mass is 79.9. The molecule has 3 fully saturated rings. The first kappa shape index (κ1) is 40.8. The third-order valence-corrected chi connectivity index (χ3v) is 12.7. The zero-order chi connectivity index (χ0) is 42.2. The Hall–Kier alpha value is -4.43. The van der Waals surface area contributed by atoms with Crippen molar-refractivity contribution in [3.63, 3.8) is 0 Å². The number of imide groups is 2. The summed E-state index contributed by atoms with van der Waals surface area (Å²) in [5.74, 6) is -26.9. The van der Waals surface area contributed by atoms with Crippen LogP contribution in [0.25, 0.3) is 0 Å². The average molecular weight is 922 g/mol. The van der Waals surface area contributed by atoms with Crippen molar-refractivity contribution in [3.8, 4) is 11.5 Å². The summed E-state index contributed by atoms with van der Waals surface area (Å²) in [6.07, 6.45) is -11.0. The lowest BCUT2D eigenvalue weighted by Gasteiger charge is -2.50. The molecule has 0 bridgehead atoms. The number of rotatable bonds is 4. The summed E-state index contributed by atoms with van der Waals surface area (Å²) in [6.45, 7) is 0. The van der Waals surface area contributed by atoms with Crippen LogP contribution in [0, 0.1) is 46.8 Å². The molecule has 0 radical (unpaired) electrons. The molecule has 0 aromatic heterocycles. The number of benzene rings is 3. The maximum Gasteiger partial charge on any atom is 0.416 e. The molecule has 6 atom stereocenters. The first-order valence-corrected chi connectivity index (χ1v) is 17.6. The van der Waals surface area contributed by atoms with E-state index in [1.807, 2.05) is 0 Å². The van der Waals surface area contributed by atoms with Crippen LogP contribution < -0.4 is 14.5 Å². The summed E-state index contributed by atoms with van der Waals surface area (Å²) in [5.41, 5.74) is -7.18. The van der Waals surface area contributed by atoms with Crippen LogP contribution in [0.3, 0.4) is 0 Å². The summed E-state index contributed by atoms with van der Waals surface area (Å²) >= 11 is 17.1. The normalized spacial score (nSPS) is 27.5. The largest absolute Gasteiger partial charge is 0.503 e. The Balaban J connectivity index is 1.44. The number of nitrogens with zero attached hydrogens (tertiary/aromatic N) is 2. The van der Waals surface area contributed by atoms with Crippen molar-refractivity contribution in [1.29, 1.82) is 0 Å². The van der Waals surface area contributed by atoms with Crippen molar-refractivity contribution in [2.75, 3.05) is 16.9 Å². The van der Waals surface area contributed by atoms with Gasteiger partial charge in [0.1, 0.15) is 5.69 Å². The van der Waals surface area contributed by atoms with E-state index in [1.165, 1.54) is 6.08 Å². The first-order chi connectivity index (χ1) is 26.3. The predicted octanol–water partition coefficient (Wildman–Crippen LogP) is 8.66. The van der Waals surface area contributed by atoms with E-state index < -0.39 is 144 Å². The third kappa shape index (κ3) is 5.59. The van der Waals surface area contributed by atoms with Gasteiger partial charge in [-0.1, -0.05) is 11.6 Å². The van der Waals surface area contributed by atoms with Crippen molar-refractivity contribution in [2.45, 2.75) is 40.9 Å². The molecular weight excluding hydrogens is 904 g/mol. The molecule has 4 aliphatic rings. The van der Waals surface area contributed by atoms with Crippen molar-refractivity contribution < 1.29 is 77.3 Å². The van der Waals surface area contributed by atoms with Crippen LogP contribution in [0.15, 0.2) is 46.5 Å². The fourth-order valence-corrected chi connectivity index (χ4v) is 9.57. The van der Waals surface area contributed by atoms with Gasteiger partial charge in [0.25, 0.3) is 11.8 Å². The summed E-state index contributed by atoms with van der Waals surface area (Å²) < 4.78 is 161. The topological polar surface area (TPSA) is 104 Å². The number of methoxy groups -OCH3 is 1. The Morgan fingerprint density at radius 2 is 1.32 bits per heavy atom. The first-order valence-electron chi connectivity index (χ1n) is 16.0. The second-order valence-electron chi connectivity index (χ2n) is 13.5. The van der Waals surface area contributed by atoms with E-state index in [0.29, 0.717) is 0 Å². The minimum absolute atomic E-state index is 0.106. The Labute approximate surface area is 329 Å². The monoisotopic (exact) mass is 920 g/mol. The van der Waals surface area contributed by atoms with Gasteiger partial charge in [-0.2, -0.15) is 26.3 Å². The van der Waals surface area contributed by atoms with Gasteiger partial charge >= 0.3 is 12.4 Å². The van der Waals surface area contributed by atoms with Gasteiger partial charge in [-0.05, 0) is 70.6 Å². The molecule has 22 heteroatoms. The van der Waals surface area contributed by atoms with Gasteiger partial charge in [-0.3, -0.25) is 19.2 Å². The smallest absolute Gasteiger partial charge is 0.416 e. The fourth-order valence-electron chi connectivity index (χ4n) is 8.18. The zero-order valence-electron chi connectivity index (χ0n) is 27.9. The van der Waals surface area contributed by atoms with E-state index >= 15 is 8.78 Å². The number of phenolic OH excluding ortho intramolecular Hbond substituents is 1. The van der Waals surface area contributed by atoms with Crippen LogP contribution in [-0.4, -0.2) is 45.6 Å². The zero-order valence-corrected chi connectivity index (χ0v) is 31.0. The lowest BCUT2D eigenvalue weighted by molar-refractivity contribution is -0.143. The minimum Gasteiger partial charge on any atom is -0.503 e. The number of anilines is 2. The van der Waals surface area contributed by atoms with Crippen molar-refractivity contribution in [3.05, 3.63) is 92.2 Å². The quantitative estimate of drug-likeness (QED) is 0.0702. The number of ether oxygens (including phenoxy) is 1. The fraction of sp³-hybridized carbons (Fsp3) is 0.314. The summed E-state index contributed by atoms with van der Waals surface area (Å²) in [6, 6.07) is 2.25.